The minimum absolute atomic E-state index is 0.0823. The number of benzene rings is 1. The summed E-state index contributed by atoms with van der Waals surface area (Å²) < 4.78 is 3.95. The molecular formula is C18H19N7OS. The molecule has 0 saturated carbocycles. The first-order valence-corrected chi connectivity index (χ1v) is 9.65. The van der Waals surface area contributed by atoms with Crippen molar-refractivity contribution in [2.45, 2.75) is 0 Å². The number of aromatic nitrogens is 5. The summed E-state index contributed by atoms with van der Waals surface area (Å²) in [7, 11) is 4.01. The largest absolute Gasteiger partial charge is 0.345 e. The van der Waals surface area contributed by atoms with E-state index in [1.54, 1.807) is 15.6 Å². The Morgan fingerprint density at radius 3 is 2.74 bits per heavy atom. The van der Waals surface area contributed by atoms with Crippen molar-refractivity contribution in [1.29, 1.82) is 0 Å². The molecule has 1 aliphatic rings. The summed E-state index contributed by atoms with van der Waals surface area (Å²) in [6.45, 7) is 3.84. The molecule has 0 atom stereocenters. The summed E-state index contributed by atoms with van der Waals surface area (Å²) in [6, 6.07) is 5.77. The van der Waals surface area contributed by atoms with Crippen LogP contribution in [0, 0.1) is 0 Å². The Bertz CT molecular complexity index is 1200. The second-order valence-corrected chi connectivity index (χ2v) is 7.88. The zero-order valence-electron chi connectivity index (χ0n) is 15.2. The molecule has 27 heavy (non-hydrogen) atoms. The monoisotopic (exact) mass is 381 g/mol. The summed E-state index contributed by atoms with van der Waals surface area (Å²) in [4.78, 5) is 26.6. The van der Waals surface area contributed by atoms with Gasteiger partial charge in [0.25, 0.3) is 5.56 Å². The van der Waals surface area contributed by atoms with Gasteiger partial charge in [-0.1, -0.05) is 11.3 Å². The second kappa shape index (κ2) is 6.14. The lowest BCUT2D eigenvalue weighted by molar-refractivity contribution is 0.313. The fourth-order valence-corrected chi connectivity index (χ4v) is 4.41. The van der Waals surface area contributed by atoms with Gasteiger partial charge in [0.1, 0.15) is 11.0 Å². The third-order valence-electron chi connectivity index (χ3n) is 4.96. The van der Waals surface area contributed by atoms with E-state index < -0.39 is 0 Å². The molecular weight excluding hydrogens is 362 g/mol. The van der Waals surface area contributed by atoms with Gasteiger partial charge in [-0.3, -0.25) is 14.0 Å². The number of rotatable bonds is 2. The van der Waals surface area contributed by atoms with Gasteiger partial charge in [0, 0.05) is 44.8 Å². The minimum Gasteiger partial charge on any atom is -0.345 e. The number of piperazine rings is 1. The van der Waals surface area contributed by atoms with Crippen molar-refractivity contribution < 1.29 is 0 Å². The molecule has 4 heterocycles. The SMILES string of the molecule is CN1CCN(c2nc3ncn(-c4ccc5nn(C)cc5c4)c(=O)c3s2)CC1. The van der Waals surface area contributed by atoms with Gasteiger partial charge in [0.05, 0.1) is 11.2 Å². The molecule has 138 valence electrons. The van der Waals surface area contributed by atoms with E-state index in [1.165, 1.54) is 11.3 Å². The topological polar surface area (TPSA) is 72.1 Å². The Morgan fingerprint density at radius 2 is 1.93 bits per heavy atom. The number of anilines is 1. The molecule has 1 fully saturated rings. The van der Waals surface area contributed by atoms with Gasteiger partial charge in [-0.2, -0.15) is 10.1 Å². The number of nitrogens with zero attached hydrogens (tertiary/aromatic N) is 7. The van der Waals surface area contributed by atoms with Crippen molar-refractivity contribution in [3.8, 4) is 5.69 Å². The fraction of sp³-hybridized carbons (Fsp3) is 0.333. The summed E-state index contributed by atoms with van der Waals surface area (Å²) in [5, 5.41) is 6.25. The fourth-order valence-electron chi connectivity index (χ4n) is 3.41. The van der Waals surface area contributed by atoms with Crippen LogP contribution in [0.4, 0.5) is 5.13 Å². The maximum absolute atomic E-state index is 13.1. The highest BCUT2D eigenvalue weighted by Gasteiger charge is 2.20. The van der Waals surface area contributed by atoms with E-state index in [1.807, 2.05) is 31.4 Å². The molecule has 1 aromatic carbocycles. The highest BCUT2D eigenvalue weighted by molar-refractivity contribution is 7.22. The highest BCUT2D eigenvalue weighted by Crippen LogP contribution is 2.26. The lowest BCUT2D eigenvalue weighted by Crippen LogP contribution is -2.44. The molecule has 0 bridgehead atoms. The second-order valence-electron chi connectivity index (χ2n) is 6.91. The quantitative estimate of drug-likeness (QED) is 0.524. The zero-order chi connectivity index (χ0) is 18.5. The first-order chi connectivity index (χ1) is 13.1. The molecule has 3 aromatic heterocycles. The molecule has 4 aromatic rings. The maximum Gasteiger partial charge on any atom is 0.277 e. The highest BCUT2D eigenvalue weighted by atomic mass is 32.1. The van der Waals surface area contributed by atoms with Gasteiger partial charge < -0.3 is 9.80 Å². The van der Waals surface area contributed by atoms with Crippen LogP contribution in [0.25, 0.3) is 26.9 Å². The van der Waals surface area contributed by atoms with Crippen molar-refractivity contribution in [3.63, 3.8) is 0 Å². The number of thiazole rings is 1. The molecule has 0 spiro atoms. The van der Waals surface area contributed by atoms with E-state index in [0.29, 0.717) is 10.3 Å². The molecule has 0 N–H and O–H groups in total. The minimum atomic E-state index is -0.0823. The third-order valence-corrected chi connectivity index (χ3v) is 6.05. The Labute approximate surface area is 159 Å². The van der Waals surface area contributed by atoms with E-state index in [9.17, 15) is 4.79 Å². The van der Waals surface area contributed by atoms with Crippen LogP contribution in [-0.2, 0) is 7.05 Å². The van der Waals surface area contributed by atoms with E-state index in [0.717, 1.165) is 47.9 Å². The Kier molecular flexibility index (Phi) is 3.73. The average molecular weight is 381 g/mol. The maximum atomic E-state index is 13.1. The van der Waals surface area contributed by atoms with Crippen LogP contribution in [-0.4, -0.2) is 62.4 Å². The smallest absolute Gasteiger partial charge is 0.277 e. The molecule has 5 rings (SSSR count). The van der Waals surface area contributed by atoms with Crippen LogP contribution in [0.15, 0.2) is 35.5 Å². The van der Waals surface area contributed by atoms with Crippen LogP contribution in [0.5, 0.6) is 0 Å². The van der Waals surface area contributed by atoms with Crippen LogP contribution >= 0.6 is 11.3 Å². The van der Waals surface area contributed by atoms with Crippen LogP contribution in [0.1, 0.15) is 0 Å². The van der Waals surface area contributed by atoms with Crippen molar-refractivity contribution in [3.05, 3.63) is 41.1 Å². The van der Waals surface area contributed by atoms with Crippen LogP contribution in [0.3, 0.4) is 0 Å². The Morgan fingerprint density at radius 1 is 1.11 bits per heavy atom. The molecule has 1 aliphatic heterocycles. The molecule has 0 aliphatic carbocycles. The van der Waals surface area contributed by atoms with E-state index >= 15 is 0 Å². The predicted octanol–water partition coefficient (Wildman–Crippen LogP) is 1.48. The lowest BCUT2D eigenvalue weighted by atomic mass is 10.2. The predicted molar refractivity (Wildman–Crippen MR) is 107 cm³/mol. The molecule has 0 amide bonds. The molecule has 0 unspecified atom stereocenters. The Balaban J connectivity index is 1.57. The van der Waals surface area contributed by atoms with Gasteiger partial charge >= 0.3 is 0 Å². The van der Waals surface area contributed by atoms with Crippen LogP contribution in [0.2, 0.25) is 0 Å². The summed E-state index contributed by atoms with van der Waals surface area (Å²) in [5.74, 6) is 0. The van der Waals surface area contributed by atoms with E-state index in [2.05, 4.69) is 31.9 Å². The van der Waals surface area contributed by atoms with Gasteiger partial charge in [-0.15, -0.1) is 0 Å². The van der Waals surface area contributed by atoms with Gasteiger partial charge in [0.15, 0.2) is 10.8 Å². The zero-order valence-corrected chi connectivity index (χ0v) is 16.0. The molecule has 1 saturated heterocycles. The first-order valence-electron chi connectivity index (χ1n) is 8.84. The number of fused-ring (bicyclic) bond motifs is 2. The number of hydrogen-bond donors (Lipinski definition) is 0. The number of likely N-dealkylation sites (N-methyl/N-ethyl adjacent to an activating group) is 1. The summed E-state index contributed by atoms with van der Waals surface area (Å²) >= 11 is 1.43. The molecule has 0 radical (unpaired) electrons. The molecule has 8 nitrogen and oxygen atoms in total. The van der Waals surface area contributed by atoms with E-state index in [4.69, 9.17) is 0 Å². The Hall–Kier alpha value is -2.78. The van der Waals surface area contributed by atoms with Gasteiger partial charge in [-0.25, -0.2) is 4.98 Å². The third kappa shape index (κ3) is 2.79. The van der Waals surface area contributed by atoms with Crippen molar-refractivity contribution >= 4 is 37.7 Å². The van der Waals surface area contributed by atoms with Crippen LogP contribution < -0.4 is 10.5 Å². The first kappa shape index (κ1) is 16.4. The molecule has 9 heteroatoms. The number of hydrogen-bond acceptors (Lipinski definition) is 7. The van der Waals surface area contributed by atoms with Crippen molar-refractivity contribution in [1.82, 2.24) is 29.2 Å². The van der Waals surface area contributed by atoms with Crippen molar-refractivity contribution in [2.75, 3.05) is 38.1 Å². The number of aryl methyl sites for hydroxylation is 1. The average Bonchev–Trinajstić information content (AvgIpc) is 3.25. The van der Waals surface area contributed by atoms with Gasteiger partial charge in [0.2, 0.25) is 0 Å². The van der Waals surface area contributed by atoms with Crippen molar-refractivity contribution in [2.24, 2.45) is 7.05 Å². The normalized spacial score (nSPS) is 15.9. The lowest BCUT2D eigenvalue weighted by Gasteiger charge is -2.31. The standard InChI is InChI=1S/C18H19N7OS/c1-22-5-7-24(8-6-22)18-20-16-15(27-18)17(26)25(11-19-16)13-3-4-14-12(9-13)10-23(2)21-14/h3-4,9-11H,5-8H2,1-2H3. The summed E-state index contributed by atoms with van der Waals surface area (Å²) in [5.41, 5.74) is 2.13. The van der Waals surface area contributed by atoms with E-state index in [-0.39, 0.29) is 5.56 Å². The summed E-state index contributed by atoms with van der Waals surface area (Å²) in [6.07, 6.45) is 3.50. The van der Waals surface area contributed by atoms with Gasteiger partial charge in [-0.05, 0) is 25.2 Å².